The van der Waals surface area contributed by atoms with Gasteiger partial charge in [-0.2, -0.15) is 0 Å². The fraction of sp³-hybridized carbons (Fsp3) is 0.440. The number of rotatable bonds is 10. The van der Waals surface area contributed by atoms with Gasteiger partial charge in [0.25, 0.3) is 0 Å². The lowest BCUT2D eigenvalue weighted by Gasteiger charge is -2.33. The van der Waals surface area contributed by atoms with Gasteiger partial charge in [0, 0.05) is 28.2 Å². The van der Waals surface area contributed by atoms with Gasteiger partial charge in [0.05, 0.1) is 26.2 Å². The molecule has 204 valence electrons. The molecule has 1 unspecified atom stereocenters. The van der Waals surface area contributed by atoms with E-state index in [4.69, 9.17) is 32.7 Å². The highest BCUT2D eigenvalue weighted by Gasteiger charge is 2.32. The first-order valence-corrected chi connectivity index (χ1v) is 13.9. The predicted molar refractivity (Wildman–Crippen MR) is 146 cm³/mol. The molecule has 2 rings (SSSR count). The number of carbonyl (C=O) groups excluding carboxylic acids is 2. The number of carbonyl (C=O) groups is 2. The summed E-state index contributed by atoms with van der Waals surface area (Å²) in [6.45, 7) is 6.38. The molecule has 0 spiro atoms. The van der Waals surface area contributed by atoms with Crippen LogP contribution in [0.5, 0.6) is 11.5 Å². The Balaban J connectivity index is 2.53. The van der Waals surface area contributed by atoms with Crippen molar-refractivity contribution in [3.8, 4) is 11.5 Å². The molecule has 0 heterocycles. The second-order valence-electron chi connectivity index (χ2n) is 9.48. The number of sulfonamides is 1. The summed E-state index contributed by atoms with van der Waals surface area (Å²) in [6.07, 6.45) is 0.981. The van der Waals surface area contributed by atoms with Crippen molar-refractivity contribution < 1.29 is 27.5 Å². The van der Waals surface area contributed by atoms with Gasteiger partial charge in [0.15, 0.2) is 0 Å². The van der Waals surface area contributed by atoms with Crippen LogP contribution in [0.1, 0.15) is 33.3 Å². The molecule has 0 radical (unpaired) electrons. The lowest BCUT2D eigenvalue weighted by Crippen LogP contribution is -2.54. The Hall–Kier alpha value is -2.69. The zero-order valence-corrected chi connectivity index (χ0v) is 24.3. The molecule has 0 saturated heterocycles. The highest BCUT2D eigenvalue weighted by atomic mass is 35.5. The van der Waals surface area contributed by atoms with E-state index in [0.717, 1.165) is 10.6 Å². The summed E-state index contributed by atoms with van der Waals surface area (Å²) in [4.78, 5) is 28.0. The smallest absolute Gasteiger partial charge is 0.244 e. The number of benzene rings is 2. The molecule has 0 fully saturated rings. The largest absolute Gasteiger partial charge is 0.497 e. The van der Waals surface area contributed by atoms with Crippen LogP contribution in [-0.2, 0) is 26.2 Å². The SMILES string of the molecule is COc1ccc(OC)c(N(CC(=O)N(Cc2ccc(Cl)cc2Cl)C(C)C(=O)NC(C)(C)C)S(C)(=O)=O)c1. The second kappa shape index (κ2) is 12.2. The van der Waals surface area contributed by atoms with Crippen LogP contribution in [0.15, 0.2) is 36.4 Å². The van der Waals surface area contributed by atoms with Crippen LogP contribution < -0.4 is 19.1 Å². The molecular weight excluding hydrogens is 541 g/mol. The Morgan fingerprint density at radius 1 is 1.05 bits per heavy atom. The number of methoxy groups -OCH3 is 2. The molecule has 0 aliphatic carbocycles. The van der Waals surface area contributed by atoms with Crippen molar-refractivity contribution in [1.29, 1.82) is 0 Å². The third-order valence-electron chi connectivity index (χ3n) is 5.36. The normalized spacial score (nSPS) is 12.5. The number of anilines is 1. The molecule has 9 nitrogen and oxygen atoms in total. The summed E-state index contributed by atoms with van der Waals surface area (Å²) in [7, 11) is -1.13. The van der Waals surface area contributed by atoms with Crippen LogP contribution in [0.25, 0.3) is 0 Å². The molecule has 37 heavy (non-hydrogen) atoms. The molecule has 2 aromatic rings. The van der Waals surface area contributed by atoms with Crippen LogP contribution >= 0.6 is 23.2 Å². The minimum atomic E-state index is -3.96. The van der Waals surface area contributed by atoms with E-state index >= 15 is 0 Å². The van der Waals surface area contributed by atoms with Gasteiger partial charge in [-0.3, -0.25) is 13.9 Å². The summed E-state index contributed by atoms with van der Waals surface area (Å²) in [5.74, 6) is -0.432. The van der Waals surface area contributed by atoms with Crippen molar-refractivity contribution >= 4 is 50.7 Å². The standard InChI is InChI=1S/C25H33Cl2N3O6S/c1-16(24(32)28-25(2,3)4)29(14-17-8-9-18(26)12-20(17)27)23(31)15-30(37(7,33)34)21-13-19(35-5)10-11-22(21)36-6/h8-13,16H,14-15H2,1-7H3,(H,28,32). The topological polar surface area (TPSA) is 105 Å². The Morgan fingerprint density at radius 3 is 2.22 bits per heavy atom. The van der Waals surface area contributed by atoms with Crippen LogP contribution in [-0.4, -0.2) is 63.7 Å². The molecule has 0 aliphatic heterocycles. The number of hydrogen-bond donors (Lipinski definition) is 1. The minimum Gasteiger partial charge on any atom is -0.497 e. The van der Waals surface area contributed by atoms with Gasteiger partial charge in [-0.15, -0.1) is 0 Å². The van der Waals surface area contributed by atoms with Crippen molar-refractivity contribution in [1.82, 2.24) is 10.2 Å². The first kappa shape index (κ1) is 30.5. The maximum absolute atomic E-state index is 13.7. The Kier molecular flexibility index (Phi) is 10.1. The first-order valence-electron chi connectivity index (χ1n) is 11.3. The number of amides is 2. The second-order valence-corrected chi connectivity index (χ2v) is 12.2. The fourth-order valence-electron chi connectivity index (χ4n) is 3.48. The van der Waals surface area contributed by atoms with Gasteiger partial charge in [-0.25, -0.2) is 8.42 Å². The molecule has 2 amide bonds. The molecule has 0 saturated carbocycles. The van der Waals surface area contributed by atoms with Crippen LogP contribution in [0, 0.1) is 0 Å². The first-order chi connectivity index (χ1) is 17.1. The van der Waals surface area contributed by atoms with E-state index in [-0.39, 0.29) is 18.0 Å². The summed E-state index contributed by atoms with van der Waals surface area (Å²) >= 11 is 12.4. The maximum atomic E-state index is 13.7. The monoisotopic (exact) mass is 573 g/mol. The van der Waals surface area contributed by atoms with E-state index in [9.17, 15) is 18.0 Å². The summed E-state index contributed by atoms with van der Waals surface area (Å²) in [6, 6.07) is 8.47. The van der Waals surface area contributed by atoms with Crippen molar-refractivity contribution in [3.63, 3.8) is 0 Å². The summed E-state index contributed by atoms with van der Waals surface area (Å²) < 4.78 is 37.2. The average molecular weight is 575 g/mol. The van der Waals surface area contributed by atoms with Crippen molar-refractivity contribution in [2.45, 2.75) is 45.8 Å². The van der Waals surface area contributed by atoms with Crippen LogP contribution in [0.3, 0.4) is 0 Å². The highest BCUT2D eigenvalue weighted by molar-refractivity contribution is 7.92. The molecular formula is C25H33Cl2N3O6S. The molecule has 0 aromatic heterocycles. The van der Waals surface area contributed by atoms with Gasteiger partial charge in [0.1, 0.15) is 24.1 Å². The zero-order valence-electron chi connectivity index (χ0n) is 22.0. The maximum Gasteiger partial charge on any atom is 0.244 e. The predicted octanol–water partition coefficient (Wildman–Crippen LogP) is 4.11. The van der Waals surface area contributed by atoms with Gasteiger partial charge in [0.2, 0.25) is 21.8 Å². The van der Waals surface area contributed by atoms with Crippen LogP contribution in [0.4, 0.5) is 5.69 Å². The van der Waals surface area contributed by atoms with E-state index in [1.807, 2.05) is 20.8 Å². The number of ether oxygens (including phenoxy) is 2. The number of halogens is 2. The number of nitrogens with one attached hydrogen (secondary N) is 1. The highest BCUT2D eigenvalue weighted by Crippen LogP contribution is 2.34. The summed E-state index contributed by atoms with van der Waals surface area (Å²) in [5.41, 5.74) is 0.110. The fourth-order valence-corrected chi connectivity index (χ4v) is 4.79. The molecule has 2 aromatic carbocycles. The van der Waals surface area contributed by atoms with E-state index < -0.39 is 40.0 Å². The number of hydrogen-bond acceptors (Lipinski definition) is 6. The van der Waals surface area contributed by atoms with Crippen molar-refractivity contribution in [2.75, 3.05) is 31.3 Å². The van der Waals surface area contributed by atoms with Gasteiger partial charge < -0.3 is 19.7 Å². The van der Waals surface area contributed by atoms with E-state index in [2.05, 4.69) is 5.32 Å². The average Bonchev–Trinajstić information content (AvgIpc) is 2.79. The quantitative estimate of drug-likeness (QED) is 0.458. The molecule has 1 N–H and O–H groups in total. The lowest BCUT2D eigenvalue weighted by molar-refractivity contribution is -0.140. The van der Waals surface area contributed by atoms with E-state index in [1.54, 1.807) is 31.2 Å². The van der Waals surface area contributed by atoms with Crippen molar-refractivity contribution in [2.24, 2.45) is 0 Å². The van der Waals surface area contributed by atoms with Crippen molar-refractivity contribution in [3.05, 3.63) is 52.0 Å². The van der Waals surface area contributed by atoms with Gasteiger partial charge in [-0.1, -0.05) is 29.3 Å². The third kappa shape index (κ3) is 8.41. The minimum absolute atomic E-state index is 0.0551. The summed E-state index contributed by atoms with van der Waals surface area (Å²) in [5, 5.41) is 3.58. The van der Waals surface area contributed by atoms with Gasteiger partial charge in [-0.05, 0) is 57.5 Å². The molecule has 0 bridgehead atoms. The molecule has 1 atom stereocenters. The van der Waals surface area contributed by atoms with E-state index in [0.29, 0.717) is 21.4 Å². The Bertz CT molecular complexity index is 1250. The number of nitrogens with zero attached hydrogens (tertiary/aromatic N) is 2. The Labute approximate surface area is 228 Å². The Morgan fingerprint density at radius 2 is 1.70 bits per heavy atom. The molecule has 12 heteroatoms. The zero-order chi connectivity index (χ0) is 28.1. The lowest BCUT2D eigenvalue weighted by atomic mass is 10.1. The van der Waals surface area contributed by atoms with E-state index in [1.165, 1.54) is 31.3 Å². The molecule has 0 aliphatic rings. The third-order valence-corrected chi connectivity index (χ3v) is 7.07. The van der Waals surface area contributed by atoms with Gasteiger partial charge >= 0.3 is 0 Å². The van der Waals surface area contributed by atoms with Crippen LogP contribution in [0.2, 0.25) is 10.0 Å².